The van der Waals surface area contributed by atoms with E-state index in [4.69, 9.17) is 0 Å². The first kappa shape index (κ1) is 14.6. The molecule has 2 nitrogen and oxygen atoms in total. The maximum absolute atomic E-state index is 13.8. The van der Waals surface area contributed by atoms with Crippen molar-refractivity contribution in [1.82, 2.24) is 5.32 Å². The van der Waals surface area contributed by atoms with Crippen LogP contribution in [0.1, 0.15) is 24.4 Å². The Morgan fingerprint density at radius 2 is 2.32 bits per heavy atom. The third-order valence-electron chi connectivity index (χ3n) is 3.44. The molecule has 0 spiro atoms. The Balaban J connectivity index is 2.04. The van der Waals surface area contributed by atoms with Gasteiger partial charge in [0.2, 0.25) is 0 Å². The van der Waals surface area contributed by atoms with Crippen molar-refractivity contribution in [3.8, 4) is 0 Å². The SMILES string of the molecule is C=CCC(NCC1(O)CCSC1)c1ccccc1F. The molecular weight excluding hydrogens is 261 g/mol. The van der Waals surface area contributed by atoms with Crippen LogP contribution in [0.3, 0.4) is 0 Å². The first-order chi connectivity index (χ1) is 9.14. The fraction of sp³-hybridized carbons (Fsp3) is 0.467. The topological polar surface area (TPSA) is 32.3 Å². The van der Waals surface area contributed by atoms with Crippen LogP contribution >= 0.6 is 11.8 Å². The van der Waals surface area contributed by atoms with Crippen LogP contribution in [-0.2, 0) is 0 Å². The summed E-state index contributed by atoms with van der Waals surface area (Å²) >= 11 is 1.76. The molecule has 1 aromatic rings. The van der Waals surface area contributed by atoms with E-state index >= 15 is 0 Å². The van der Waals surface area contributed by atoms with Gasteiger partial charge in [-0.1, -0.05) is 24.3 Å². The summed E-state index contributed by atoms with van der Waals surface area (Å²) in [6.07, 6.45) is 3.21. The second-order valence-electron chi connectivity index (χ2n) is 5.01. The normalized spacial score (nSPS) is 24.3. The van der Waals surface area contributed by atoms with Crippen LogP contribution in [0.25, 0.3) is 0 Å². The molecule has 1 heterocycles. The Kier molecular flexibility index (Phi) is 5.02. The molecule has 1 saturated heterocycles. The van der Waals surface area contributed by atoms with Gasteiger partial charge in [-0.25, -0.2) is 4.39 Å². The van der Waals surface area contributed by atoms with E-state index in [1.807, 2.05) is 6.07 Å². The Labute approximate surface area is 118 Å². The number of hydrogen-bond acceptors (Lipinski definition) is 3. The highest BCUT2D eigenvalue weighted by molar-refractivity contribution is 7.99. The number of nitrogens with one attached hydrogen (secondary N) is 1. The van der Waals surface area contributed by atoms with Crippen LogP contribution in [0, 0.1) is 5.82 Å². The number of halogens is 1. The van der Waals surface area contributed by atoms with Crippen LogP contribution in [0.5, 0.6) is 0 Å². The number of thioether (sulfide) groups is 1. The molecule has 2 atom stereocenters. The van der Waals surface area contributed by atoms with Crippen molar-refractivity contribution in [3.63, 3.8) is 0 Å². The molecule has 1 aliphatic heterocycles. The van der Waals surface area contributed by atoms with Crippen LogP contribution in [0.4, 0.5) is 4.39 Å². The van der Waals surface area contributed by atoms with Crippen LogP contribution in [0.15, 0.2) is 36.9 Å². The smallest absolute Gasteiger partial charge is 0.127 e. The third-order valence-corrected chi connectivity index (χ3v) is 4.68. The minimum Gasteiger partial charge on any atom is -0.388 e. The van der Waals surface area contributed by atoms with E-state index in [1.54, 1.807) is 30.0 Å². The minimum atomic E-state index is -0.657. The summed E-state index contributed by atoms with van der Waals surface area (Å²) in [6, 6.07) is 6.63. The molecule has 2 unspecified atom stereocenters. The van der Waals surface area contributed by atoms with Gasteiger partial charge in [-0.05, 0) is 24.7 Å². The van der Waals surface area contributed by atoms with Crippen LogP contribution in [0.2, 0.25) is 0 Å². The summed E-state index contributed by atoms with van der Waals surface area (Å²) in [4.78, 5) is 0. The number of hydrogen-bond donors (Lipinski definition) is 2. The second-order valence-corrected chi connectivity index (χ2v) is 6.11. The van der Waals surface area contributed by atoms with Crippen molar-refractivity contribution in [2.75, 3.05) is 18.1 Å². The highest BCUT2D eigenvalue weighted by atomic mass is 32.2. The van der Waals surface area contributed by atoms with E-state index in [1.165, 1.54) is 6.07 Å². The first-order valence-electron chi connectivity index (χ1n) is 6.53. The van der Waals surface area contributed by atoms with Gasteiger partial charge < -0.3 is 10.4 Å². The zero-order valence-corrected chi connectivity index (χ0v) is 11.8. The summed E-state index contributed by atoms with van der Waals surface area (Å²) in [5.41, 5.74) is -0.0216. The number of rotatable bonds is 6. The van der Waals surface area contributed by atoms with E-state index in [-0.39, 0.29) is 11.9 Å². The molecule has 0 radical (unpaired) electrons. The Hall–Kier alpha value is -0.840. The first-order valence-corrected chi connectivity index (χ1v) is 7.69. The molecule has 104 valence electrons. The summed E-state index contributed by atoms with van der Waals surface area (Å²) in [6.45, 7) is 4.22. The van der Waals surface area contributed by atoms with Crippen molar-refractivity contribution >= 4 is 11.8 Å². The average Bonchev–Trinajstić information content (AvgIpc) is 2.83. The lowest BCUT2D eigenvalue weighted by Gasteiger charge is -2.26. The lowest BCUT2D eigenvalue weighted by Crippen LogP contribution is -2.42. The zero-order chi connectivity index (χ0) is 13.7. The van der Waals surface area contributed by atoms with Gasteiger partial charge in [0.05, 0.1) is 5.60 Å². The molecule has 0 bridgehead atoms. The maximum Gasteiger partial charge on any atom is 0.127 e. The number of benzene rings is 1. The maximum atomic E-state index is 13.8. The van der Waals surface area contributed by atoms with E-state index in [0.717, 1.165) is 17.9 Å². The molecule has 1 aliphatic rings. The van der Waals surface area contributed by atoms with Gasteiger partial charge in [-0.15, -0.1) is 6.58 Å². The molecule has 4 heteroatoms. The standard InChI is InChI=1S/C15H20FNOS/c1-2-5-14(12-6-3-4-7-13(12)16)17-10-15(18)8-9-19-11-15/h2-4,6-7,14,17-18H,1,5,8-11H2. The summed E-state index contributed by atoms with van der Waals surface area (Å²) in [5, 5.41) is 13.6. The molecule has 0 aromatic heterocycles. The van der Waals surface area contributed by atoms with Gasteiger partial charge in [0, 0.05) is 23.9 Å². The van der Waals surface area contributed by atoms with Crippen molar-refractivity contribution in [3.05, 3.63) is 48.3 Å². The molecule has 19 heavy (non-hydrogen) atoms. The second kappa shape index (κ2) is 6.55. The van der Waals surface area contributed by atoms with Gasteiger partial charge in [-0.3, -0.25) is 0 Å². The predicted molar refractivity (Wildman–Crippen MR) is 78.8 cm³/mol. The number of aliphatic hydroxyl groups is 1. The van der Waals surface area contributed by atoms with Crippen LogP contribution in [-0.4, -0.2) is 28.8 Å². The van der Waals surface area contributed by atoms with Crippen molar-refractivity contribution < 1.29 is 9.50 Å². The third kappa shape index (κ3) is 3.81. The molecule has 1 aromatic carbocycles. The van der Waals surface area contributed by atoms with E-state index in [9.17, 15) is 9.50 Å². The molecule has 2 N–H and O–H groups in total. The van der Waals surface area contributed by atoms with E-state index < -0.39 is 5.60 Å². The Morgan fingerprint density at radius 1 is 1.53 bits per heavy atom. The lowest BCUT2D eigenvalue weighted by molar-refractivity contribution is 0.0644. The van der Waals surface area contributed by atoms with Gasteiger partial charge >= 0.3 is 0 Å². The van der Waals surface area contributed by atoms with Crippen molar-refractivity contribution in [2.24, 2.45) is 0 Å². The monoisotopic (exact) mass is 281 g/mol. The van der Waals surface area contributed by atoms with E-state index in [2.05, 4.69) is 11.9 Å². The molecule has 1 fully saturated rings. The highest BCUT2D eigenvalue weighted by Crippen LogP contribution is 2.28. The molecule has 2 rings (SSSR count). The molecule has 0 amide bonds. The van der Waals surface area contributed by atoms with Gasteiger partial charge in [0.25, 0.3) is 0 Å². The summed E-state index contributed by atoms with van der Waals surface area (Å²) < 4.78 is 13.8. The van der Waals surface area contributed by atoms with Crippen molar-refractivity contribution in [1.29, 1.82) is 0 Å². The van der Waals surface area contributed by atoms with E-state index in [0.29, 0.717) is 18.5 Å². The molecule has 0 saturated carbocycles. The molecular formula is C15H20FNOS. The summed E-state index contributed by atoms with van der Waals surface area (Å²) in [7, 11) is 0. The minimum absolute atomic E-state index is 0.131. The fourth-order valence-corrected chi connectivity index (χ4v) is 3.59. The van der Waals surface area contributed by atoms with Crippen molar-refractivity contribution in [2.45, 2.75) is 24.5 Å². The van der Waals surface area contributed by atoms with Gasteiger partial charge in [0.15, 0.2) is 0 Å². The zero-order valence-electron chi connectivity index (χ0n) is 10.9. The fourth-order valence-electron chi connectivity index (χ4n) is 2.29. The lowest BCUT2D eigenvalue weighted by atomic mass is 9.99. The van der Waals surface area contributed by atoms with Gasteiger partial charge in [-0.2, -0.15) is 11.8 Å². The molecule has 0 aliphatic carbocycles. The Morgan fingerprint density at radius 3 is 2.95 bits per heavy atom. The highest BCUT2D eigenvalue weighted by Gasteiger charge is 2.32. The quantitative estimate of drug-likeness (QED) is 0.786. The Bertz CT molecular complexity index is 432. The van der Waals surface area contributed by atoms with Gasteiger partial charge in [0.1, 0.15) is 5.82 Å². The average molecular weight is 281 g/mol. The predicted octanol–water partition coefficient (Wildman–Crippen LogP) is 2.90. The largest absolute Gasteiger partial charge is 0.388 e. The van der Waals surface area contributed by atoms with Crippen LogP contribution < -0.4 is 5.32 Å². The summed E-state index contributed by atoms with van der Waals surface area (Å²) in [5.74, 6) is 1.52.